The Balaban J connectivity index is 2.71. The third kappa shape index (κ3) is 1.92. The van der Waals surface area contributed by atoms with Gasteiger partial charge in [0, 0.05) is 0 Å². The molecule has 0 atom stereocenters. The van der Waals surface area contributed by atoms with Crippen LogP contribution >= 0.6 is 0 Å². The Bertz CT molecular complexity index is 654. The molecule has 0 amide bonds. The molecule has 100 valence electrons. The van der Waals surface area contributed by atoms with Gasteiger partial charge in [-0.05, 0) is 6.07 Å². The average molecular weight is 278 g/mol. The highest BCUT2D eigenvalue weighted by Crippen LogP contribution is 2.30. The summed E-state index contributed by atoms with van der Waals surface area (Å²) in [6, 6.07) is 0.653. The van der Waals surface area contributed by atoms with Crippen LogP contribution in [-0.2, 0) is 0 Å². The summed E-state index contributed by atoms with van der Waals surface area (Å²) in [6.07, 6.45) is 0. The van der Waals surface area contributed by atoms with E-state index in [0.717, 1.165) is 0 Å². The van der Waals surface area contributed by atoms with E-state index in [4.69, 9.17) is 5.11 Å². The number of H-pyrrole nitrogens is 1. The van der Waals surface area contributed by atoms with Gasteiger partial charge in [-0.1, -0.05) is 0 Å². The zero-order valence-corrected chi connectivity index (χ0v) is 8.77. The van der Waals surface area contributed by atoms with E-state index in [-0.39, 0.29) is 0 Å². The molecule has 9 heteroatoms. The Morgan fingerprint density at radius 1 is 1.00 bits per heavy atom. The molecule has 0 spiro atoms. The summed E-state index contributed by atoms with van der Waals surface area (Å²) >= 11 is 0. The van der Waals surface area contributed by atoms with Crippen molar-refractivity contribution in [1.29, 1.82) is 0 Å². The van der Waals surface area contributed by atoms with E-state index in [1.165, 1.54) is 0 Å². The molecule has 0 fully saturated rings. The predicted octanol–water partition coefficient (Wildman–Crippen LogP) is 2.47. The van der Waals surface area contributed by atoms with Crippen LogP contribution in [0.5, 0.6) is 0 Å². The van der Waals surface area contributed by atoms with Gasteiger partial charge in [-0.3, -0.25) is 5.10 Å². The third-order valence-corrected chi connectivity index (χ3v) is 2.27. The Labute approximate surface area is 101 Å². The predicted molar refractivity (Wildman–Crippen MR) is 50.8 cm³/mol. The van der Waals surface area contributed by atoms with Crippen LogP contribution < -0.4 is 0 Å². The summed E-state index contributed by atoms with van der Waals surface area (Å²) in [5.41, 5.74) is -2.55. The van der Waals surface area contributed by atoms with Crippen LogP contribution in [0.3, 0.4) is 0 Å². The molecule has 0 aliphatic carbocycles. The number of hydrogen-bond donors (Lipinski definition) is 2. The quantitative estimate of drug-likeness (QED) is 0.504. The number of carboxylic acid groups (broad SMARTS) is 1. The number of aromatic carboxylic acids is 1. The van der Waals surface area contributed by atoms with Gasteiger partial charge in [0.1, 0.15) is 5.69 Å². The lowest BCUT2D eigenvalue weighted by molar-refractivity contribution is 0.0690. The van der Waals surface area contributed by atoms with E-state index in [9.17, 15) is 26.7 Å². The number of aromatic amines is 1. The molecule has 0 unspecified atom stereocenters. The van der Waals surface area contributed by atoms with Gasteiger partial charge in [-0.25, -0.2) is 26.7 Å². The first-order valence-electron chi connectivity index (χ1n) is 4.65. The van der Waals surface area contributed by atoms with Crippen molar-refractivity contribution in [3.63, 3.8) is 0 Å². The summed E-state index contributed by atoms with van der Waals surface area (Å²) in [6.45, 7) is 0. The van der Waals surface area contributed by atoms with Crippen molar-refractivity contribution in [2.75, 3.05) is 0 Å². The monoisotopic (exact) mass is 278 g/mol. The van der Waals surface area contributed by atoms with Gasteiger partial charge in [-0.2, -0.15) is 5.10 Å². The second-order valence-electron chi connectivity index (χ2n) is 3.42. The fourth-order valence-electron chi connectivity index (χ4n) is 1.39. The largest absolute Gasteiger partial charge is 0.477 e. The van der Waals surface area contributed by atoms with E-state index < -0.39 is 52.0 Å². The highest BCUT2D eigenvalue weighted by atomic mass is 19.2. The van der Waals surface area contributed by atoms with Crippen molar-refractivity contribution in [2.45, 2.75) is 0 Å². The second kappa shape index (κ2) is 4.34. The smallest absolute Gasteiger partial charge is 0.353 e. The summed E-state index contributed by atoms with van der Waals surface area (Å²) in [5.74, 6) is -12.2. The van der Waals surface area contributed by atoms with Crippen molar-refractivity contribution in [3.8, 4) is 11.3 Å². The van der Waals surface area contributed by atoms with E-state index >= 15 is 0 Å². The van der Waals surface area contributed by atoms with Crippen LogP contribution in [0.1, 0.15) is 10.5 Å². The number of rotatable bonds is 2. The van der Waals surface area contributed by atoms with Crippen molar-refractivity contribution in [3.05, 3.63) is 40.8 Å². The molecule has 4 nitrogen and oxygen atoms in total. The van der Waals surface area contributed by atoms with Gasteiger partial charge in [0.2, 0.25) is 5.82 Å². The molecule has 19 heavy (non-hydrogen) atoms. The lowest BCUT2D eigenvalue weighted by Crippen LogP contribution is -2.04. The lowest BCUT2D eigenvalue weighted by Gasteiger charge is -2.05. The molecule has 0 bridgehead atoms. The third-order valence-electron chi connectivity index (χ3n) is 2.27. The van der Waals surface area contributed by atoms with Gasteiger partial charge >= 0.3 is 5.97 Å². The molecule has 0 saturated heterocycles. The highest BCUT2D eigenvalue weighted by Gasteiger charge is 2.28. The van der Waals surface area contributed by atoms with Crippen LogP contribution in [0.25, 0.3) is 11.3 Å². The lowest BCUT2D eigenvalue weighted by atomic mass is 10.1. The first kappa shape index (κ1) is 13.0. The number of aromatic nitrogens is 2. The maximum absolute atomic E-state index is 13.4. The standard InChI is InChI=1S/C10H3F5N2O2/c11-5-4(2-1-3(10(18)19)17-16-2)6(12)8(14)9(15)7(5)13/h1H,(H,16,17)(H,18,19). The molecule has 0 aliphatic rings. The van der Waals surface area contributed by atoms with Gasteiger partial charge in [0.05, 0.1) is 11.3 Å². The van der Waals surface area contributed by atoms with Crippen molar-refractivity contribution < 1.29 is 31.9 Å². The van der Waals surface area contributed by atoms with Crippen molar-refractivity contribution >= 4 is 5.97 Å². The van der Waals surface area contributed by atoms with Gasteiger partial charge in [-0.15, -0.1) is 0 Å². The summed E-state index contributed by atoms with van der Waals surface area (Å²) in [4.78, 5) is 10.5. The zero-order valence-electron chi connectivity index (χ0n) is 8.77. The maximum Gasteiger partial charge on any atom is 0.353 e. The molecule has 0 aliphatic heterocycles. The molecule has 1 heterocycles. The Hall–Kier alpha value is -2.45. The number of nitrogens with zero attached hydrogens (tertiary/aromatic N) is 1. The molecular formula is C10H3F5N2O2. The van der Waals surface area contributed by atoms with Crippen LogP contribution in [0, 0.1) is 29.1 Å². The van der Waals surface area contributed by atoms with Gasteiger partial charge < -0.3 is 5.11 Å². The molecule has 2 N–H and O–H groups in total. The SMILES string of the molecule is O=C(O)c1cc(-c2c(F)c(F)c(F)c(F)c2F)n[nH]1. The van der Waals surface area contributed by atoms with Crippen LogP contribution in [0.15, 0.2) is 6.07 Å². The number of benzene rings is 1. The molecule has 2 aromatic rings. The summed E-state index contributed by atoms with van der Waals surface area (Å²) in [7, 11) is 0. The minimum Gasteiger partial charge on any atom is -0.477 e. The normalized spacial score (nSPS) is 10.8. The molecule has 1 aromatic heterocycles. The first-order valence-corrected chi connectivity index (χ1v) is 4.65. The topological polar surface area (TPSA) is 66.0 Å². The minimum atomic E-state index is -2.30. The zero-order chi connectivity index (χ0) is 14.3. The van der Waals surface area contributed by atoms with Gasteiger partial charge in [0.25, 0.3) is 0 Å². The number of halogens is 5. The Morgan fingerprint density at radius 3 is 1.89 bits per heavy atom. The van der Waals surface area contributed by atoms with E-state index in [1.807, 2.05) is 5.10 Å². The second-order valence-corrected chi connectivity index (χ2v) is 3.42. The maximum atomic E-state index is 13.4. The molecule has 0 radical (unpaired) electrons. The number of carbonyl (C=O) groups is 1. The van der Waals surface area contributed by atoms with Crippen LogP contribution in [-0.4, -0.2) is 21.3 Å². The molecule has 0 saturated carbocycles. The number of nitrogens with one attached hydrogen (secondary N) is 1. The minimum absolute atomic E-state index is 0.557. The van der Waals surface area contributed by atoms with E-state index in [0.29, 0.717) is 6.07 Å². The highest BCUT2D eigenvalue weighted by molar-refractivity contribution is 5.86. The Kier molecular flexibility index (Phi) is 2.97. The number of hydrogen-bond acceptors (Lipinski definition) is 2. The number of carboxylic acids is 1. The van der Waals surface area contributed by atoms with Crippen molar-refractivity contribution in [2.24, 2.45) is 0 Å². The van der Waals surface area contributed by atoms with E-state index in [2.05, 4.69) is 5.10 Å². The fraction of sp³-hybridized carbons (Fsp3) is 0. The average Bonchev–Trinajstić information content (AvgIpc) is 2.84. The molecule has 2 rings (SSSR count). The fourth-order valence-corrected chi connectivity index (χ4v) is 1.39. The molecular weight excluding hydrogens is 275 g/mol. The van der Waals surface area contributed by atoms with Crippen LogP contribution in [0.2, 0.25) is 0 Å². The van der Waals surface area contributed by atoms with E-state index in [1.54, 1.807) is 0 Å². The molecule has 1 aromatic carbocycles. The summed E-state index contributed by atoms with van der Waals surface area (Å²) in [5, 5.41) is 13.7. The van der Waals surface area contributed by atoms with Crippen molar-refractivity contribution in [1.82, 2.24) is 10.2 Å². The first-order chi connectivity index (χ1) is 8.84. The van der Waals surface area contributed by atoms with Crippen LogP contribution in [0.4, 0.5) is 22.0 Å². The van der Waals surface area contributed by atoms with Gasteiger partial charge in [0.15, 0.2) is 23.3 Å². The Morgan fingerprint density at radius 2 is 1.47 bits per heavy atom. The summed E-state index contributed by atoms with van der Waals surface area (Å²) < 4.78 is 65.4.